The number of amides is 1. The standard InChI is InChI=1S/C24H20FN3O3/c1-2-16-7-13-19(14-8-16)28-23(30)20-5-3-4-6-21(20)27(24(28)31)15-22(29)26-18-11-9-17(25)10-12-18/h3-14H,2,15H2,1H3,(H,26,29). The van der Waals surface area contributed by atoms with E-state index in [0.29, 0.717) is 22.3 Å². The van der Waals surface area contributed by atoms with Crippen LogP contribution in [0.25, 0.3) is 16.6 Å². The van der Waals surface area contributed by atoms with E-state index in [1.54, 1.807) is 36.4 Å². The number of halogens is 1. The molecule has 0 aliphatic rings. The first-order chi connectivity index (χ1) is 15.0. The van der Waals surface area contributed by atoms with Gasteiger partial charge in [0.1, 0.15) is 12.4 Å². The maximum atomic E-state index is 13.3. The summed E-state index contributed by atoms with van der Waals surface area (Å²) < 4.78 is 15.4. The van der Waals surface area contributed by atoms with Crippen LogP contribution < -0.4 is 16.6 Å². The first kappa shape index (κ1) is 20.3. The van der Waals surface area contributed by atoms with Crippen molar-refractivity contribution in [3.8, 4) is 5.69 Å². The molecule has 0 aliphatic carbocycles. The van der Waals surface area contributed by atoms with E-state index >= 15 is 0 Å². The highest BCUT2D eigenvalue weighted by molar-refractivity contribution is 5.91. The Hall–Kier alpha value is -4.00. The molecule has 4 aromatic rings. The van der Waals surface area contributed by atoms with Gasteiger partial charge in [-0.1, -0.05) is 31.2 Å². The molecule has 0 spiro atoms. The summed E-state index contributed by atoms with van der Waals surface area (Å²) in [4.78, 5) is 39.0. The first-order valence-electron chi connectivity index (χ1n) is 9.87. The summed E-state index contributed by atoms with van der Waals surface area (Å²) in [5.74, 6) is -0.883. The van der Waals surface area contributed by atoms with Gasteiger partial charge in [0.15, 0.2) is 0 Å². The van der Waals surface area contributed by atoms with Crippen molar-refractivity contribution in [2.24, 2.45) is 0 Å². The van der Waals surface area contributed by atoms with Gasteiger partial charge in [-0.3, -0.25) is 14.2 Å². The van der Waals surface area contributed by atoms with Crippen molar-refractivity contribution in [2.75, 3.05) is 5.32 Å². The molecule has 0 fully saturated rings. The number of anilines is 1. The molecule has 3 aromatic carbocycles. The number of fused-ring (bicyclic) bond motifs is 1. The predicted molar refractivity (Wildman–Crippen MR) is 118 cm³/mol. The Morgan fingerprint density at radius 1 is 0.935 bits per heavy atom. The molecule has 1 N–H and O–H groups in total. The maximum Gasteiger partial charge on any atom is 0.336 e. The van der Waals surface area contributed by atoms with Gasteiger partial charge in [0.05, 0.1) is 16.6 Å². The molecule has 0 unspecified atom stereocenters. The van der Waals surface area contributed by atoms with Gasteiger partial charge in [-0.15, -0.1) is 0 Å². The Morgan fingerprint density at radius 3 is 2.29 bits per heavy atom. The van der Waals surface area contributed by atoms with Crippen LogP contribution in [0.1, 0.15) is 12.5 Å². The molecule has 6 nitrogen and oxygen atoms in total. The second-order valence-electron chi connectivity index (χ2n) is 7.10. The van der Waals surface area contributed by atoms with Crippen LogP contribution in [0.5, 0.6) is 0 Å². The molecule has 1 amide bonds. The van der Waals surface area contributed by atoms with Crippen molar-refractivity contribution in [2.45, 2.75) is 19.9 Å². The van der Waals surface area contributed by atoms with Crippen LogP contribution in [-0.2, 0) is 17.8 Å². The molecule has 1 heterocycles. The SMILES string of the molecule is CCc1ccc(-n2c(=O)c3ccccc3n(CC(=O)Nc3ccc(F)cc3)c2=O)cc1. The van der Waals surface area contributed by atoms with Crippen LogP contribution in [0.4, 0.5) is 10.1 Å². The van der Waals surface area contributed by atoms with E-state index < -0.39 is 23.0 Å². The van der Waals surface area contributed by atoms with Gasteiger partial charge in [-0.25, -0.2) is 13.8 Å². The molecule has 0 saturated carbocycles. The lowest BCUT2D eigenvalue weighted by atomic mass is 10.1. The molecule has 4 rings (SSSR count). The summed E-state index contributed by atoms with van der Waals surface area (Å²) in [5.41, 5.74) is 1.24. The summed E-state index contributed by atoms with van der Waals surface area (Å²) in [6, 6.07) is 19.2. The zero-order valence-corrected chi connectivity index (χ0v) is 16.8. The second kappa shape index (κ2) is 8.39. The topological polar surface area (TPSA) is 73.1 Å². The zero-order chi connectivity index (χ0) is 22.0. The number of carbonyl (C=O) groups is 1. The quantitative estimate of drug-likeness (QED) is 0.540. The molecule has 0 radical (unpaired) electrons. The number of aryl methyl sites for hydroxylation is 1. The lowest BCUT2D eigenvalue weighted by Gasteiger charge is -2.14. The molecular formula is C24H20FN3O3. The lowest BCUT2D eigenvalue weighted by molar-refractivity contribution is -0.116. The van der Waals surface area contributed by atoms with Crippen molar-refractivity contribution in [1.82, 2.24) is 9.13 Å². The summed E-state index contributed by atoms with van der Waals surface area (Å²) in [6.45, 7) is 1.72. The van der Waals surface area contributed by atoms with Crippen LogP contribution in [0.15, 0.2) is 82.4 Å². The third-order valence-electron chi connectivity index (χ3n) is 5.08. The number of nitrogens with zero attached hydrogens (tertiary/aromatic N) is 2. The zero-order valence-electron chi connectivity index (χ0n) is 16.8. The average molecular weight is 417 g/mol. The highest BCUT2D eigenvalue weighted by Gasteiger charge is 2.16. The largest absolute Gasteiger partial charge is 0.336 e. The minimum absolute atomic E-state index is 0.302. The third kappa shape index (κ3) is 4.02. The average Bonchev–Trinajstić information content (AvgIpc) is 2.79. The first-order valence-corrected chi connectivity index (χ1v) is 9.87. The van der Waals surface area contributed by atoms with E-state index in [2.05, 4.69) is 5.32 Å². The molecular weight excluding hydrogens is 397 g/mol. The molecule has 1 aromatic heterocycles. The molecule has 0 bridgehead atoms. The molecule has 31 heavy (non-hydrogen) atoms. The van der Waals surface area contributed by atoms with E-state index in [1.165, 1.54) is 28.8 Å². The van der Waals surface area contributed by atoms with Gasteiger partial charge < -0.3 is 5.32 Å². The minimum Gasteiger partial charge on any atom is -0.325 e. The van der Waals surface area contributed by atoms with E-state index in [9.17, 15) is 18.8 Å². The fourth-order valence-electron chi connectivity index (χ4n) is 3.46. The Morgan fingerprint density at radius 2 is 1.61 bits per heavy atom. The number of carbonyl (C=O) groups excluding carboxylic acids is 1. The number of rotatable bonds is 5. The number of benzene rings is 3. The maximum absolute atomic E-state index is 13.3. The van der Waals surface area contributed by atoms with Gasteiger partial charge in [0, 0.05) is 5.69 Å². The smallest absolute Gasteiger partial charge is 0.325 e. The van der Waals surface area contributed by atoms with Crippen molar-refractivity contribution in [3.05, 3.63) is 105 Å². The van der Waals surface area contributed by atoms with E-state index in [-0.39, 0.29) is 6.54 Å². The van der Waals surface area contributed by atoms with Gasteiger partial charge in [-0.2, -0.15) is 0 Å². The summed E-state index contributed by atoms with van der Waals surface area (Å²) in [5, 5.41) is 2.98. The number of para-hydroxylation sites is 1. The number of hydrogen-bond acceptors (Lipinski definition) is 3. The van der Waals surface area contributed by atoms with Crippen LogP contribution >= 0.6 is 0 Å². The fraction of sp³-hybridized carbons (Fsp3) is 0.125. The summed E-state index contributed by atoms with van der Waals surface area (Å²) in [7, 11) is 0. The molecule has 0 aliphatic heterocycles. The monoisotopic (exact) mass is 417 g/mol. The second-order valence-corrected chi connectivity index (χ2v) is 7.10. The van der Waals surface area contributed by atoms with Crippen LogP contribution in [0.2, 0.25) is 0 Å². The van der Waals surface area contributed by atoms with Crippen molar-refractivity contribution < 1.29 is 9.18 Å². The van der Waals surface area contributed by atoms with E-state index in [0.717, 1.165) is 16.6 Å². The summed E-state index contributed by atoms with van der Waals surface area (Å²) in [6.07, 6.45) is 0.834. The van der Waals surface area contributed by atoms with Crippen molar-refractivity contribution in [3.63, 3.8) is 0 Å². The fourth-order valence-corrected chi connectivity index (χ4v) is 3.46. The van der Waals surface area contributed by atoms with Gasteiger partial charge in [0.25, 0.3) is 5.56 Å². The molecule has 156 valence electrons. The molecule has 0 saturated heterocycles. The van der Waals surface area contributed by atoms with Crippen LogP contribution in [0.3, 0.4) is 0 Å². The number of aromatic nitrogens is 2. The van der Waals surface area contributed by atoms with E-state index in [1.807, 2.05) is 19.1 Å². The highest BCUT2D eigenvalue weighted by atomic mass is 19.1. The number of hydrogen-bond donors (Lipinski definition) is 1. The highest BCUT2D eigenvalue weighted by Crippen LogP contribution is 2.13. The Kier molecular flexibility index (Phi) is 5.49. The van der Waals surface area contributed by atoms with Crippen molar-refractivity contribution in [1.29, 1.82) is 0 Å². The van der Waals surface area contributed by atoms with Gasteiger partial charge >= 0.3 is 5.69 Å². The molecule has 7 heteroatoms. The Balaban J connectivity index is 1.80. The minimum atomic E-state index is -0.609. The van der Waals surface area contributed by atoms with E-state index in [4.69, 9.17) is 0 Å². The van der Waals surface area contributed by atoms with Crippen LogP contribution in [-0.4, -0.2) is 15.0 Å². The van der Waals surface area contributed by atoms with Crippen LogP contribution in [0, 0.1) is 5.82 Å². The Labute approximate surface area is 177 Å². The number of nitrogens with one attached hydrogen (secondary N) is 1. The van der Waals surface area contributed by atoms with Crippen molar-refractivity contribution >= 4 is 22.5 Å². The van der Waals surface area contributed by atoms with Gasteiger partial charge in [-0.05, 0) is 60.5 Å². The molecule has 0 atom stereocenters. The van der Waals surface area contributed by atoms with Gasteiger partial charge in [0.2, 0.25) is 5.91 Å². The Bertz CT molecular complexity index is 1370. The normalized spacial score (nSPS) is 10.9. The summed E-state index contributed by atoms with van der Waals surface area (Å²) >= 11 is 0. The third-order valence-corrected chi connectivity index (χ3v) is 5.08. The predicted octanol–water partition coefficient (Wildman–Crippen LogP) is 3.49. The lowest BCUT2D eigenvalue weighted by Crippen LogP contribution is -2.40.